The van der Waals surface area contributed by atoms with Crippen LogP contribution in [0.1, 0.15) is 50.3 Å². The van der Waals surface area contributed by atoms with Crippen molar-refractivity contribution in [1.29, 1.82) is 0 Å². The first-order chi connectivity index (χ1) is 27.1. The van der Waals surface area contributed by atoms with Crippen LogP contribution in [0, 0.1) is 5.92 Å². The first kappa shape index (κ1) is 40.5. The standard InChI is InChI=1S/C30H21.C22H19.2CH3.2ClH.H2Si.Zr/c1-20-16-23-18-24(27-14-6-10-21-8-2-4-12-25(21)27)19-30(29(23)17-20)28-15-7-11-22-9-3-5-13-26(22)28;1-15(2)18-13-17-9-6-12-21(22(17)14-18)20-11-5-8-16-7-3-4-10-19(16)20;;;;;;/h2-19H,1H3;3-15H,1-2H3;2*1H3;2*1H;1H2;. The maximum absolute atomic E-state index is 3.95. The van der Waals surface area contributed by atoms with Crippen LogP contribution in [0.25, 0.3) is 77.9 Å². The van der Waals surface area contributed by atoms with Crippen LogP contribution >= 0.6 is 24.8 Å². The molecule has 0 amide bonds. The molecular formula is C54H50Cl2SiZr. The normalized spacial score (nSPS) is 16.1. The molecular weight excluding hydrogens is 839 g/mol. The number of hydrogen-bond donors (Lipinski definition) is 0. The second-order valence-electron chi connectivity index (χ2n) is 17.9. The van der Waals surface area contributed by atoms with E-state index >= 15 is 0 Å². The van der Waals surface area contributed by atoms with Crippen molar-refractivity contribution < 1.29 is 17.4 Å². The first-order valence-electron chi connectivity index (χ1n) is 20.3. The van der Waals surface area contributed by atoms with Crippen LogP contribution in [-0.2, 0) is 17.4 Å². The summed E-state index contributed by atoms with van der Waals surface area (Å²) in [6, 6.07) is 59.4. The largest absolute Gasteiger partial charge is 0.147 e. The van der Waals surface area contributed by atoms with E-state index in [0.29, 0.717) is 13.2 Å². The van der Waals surface area contributed by atoms with Gasteiger partial charge in [0.15, 0.2) is 0 Å². The summed E-state index contributed by atoms with van der Waals surface area (Å²) in [5, 5.41) is 7.82. The minimum absolute atomic E-state index is 0. The average molecular weight is 889 g/mol. The summed E-state index contributed by atoms with van der Waals surface area (Å²) in [6.07, 6.45) is 5.21. The van der Waals surface area contributed by atoms with Crippen LogP contribution in [-0.4, -0.2) is 6.88 Å². The van der Waals surface area contributed by atoms with Crippen molar-refractivity contribution in [3.05, 3.63) is 191 Å². The van der Waals surface area contributed by atoms with Crippen LogP contribution < -0.4 is 0 Å². The molecule has 0 aliphatic heterocycles. The maximum atomic E-state index is 2.79. The van der Waals surface area contributed by atoms with Gasteiger partial charge >= 0.3 is 336 Å². The van der Waals surface area contributed by atoms with Crippen molar-refractivity contribution in [2.24, 2.45) is 5.92 Å². The monoisotopic (exact) mass is 886 g/mol. The molecule has 0 aromatic heterocycles. The molecule has 2 aliphatic carbocycles. The van der Waals surface area contributed by atoms with E-state index in [0.717, 1.165) is 0 Å². The van der Waals surface area contributed by atoms with Crippen molar-refractivity contribution in [2.75, 3.05) is 0 Å². The van der Waals surface area contributed by atoms with Gasteiger partial charge in [-0.25, -0.2) is 0 Å². The summed E-state index contributed by atoms with van der Waals surface area (Å²) in [5.41, 5.74) is 17.1. The van der Waals surface area contributed by atoms with Gasteiger partial charge in [0.25, 0.3) is 0 Å². The van der Waals surface area contributed by atoms with Gasteiger partial charge in [0, 0.05) is 0 Å². The molecule has 4 heteroatoms. The minimum Gasteiger partial charge on any atom is -0.147 e. The molecule has 2 aliphatic rings. The Bertz CT molecular complexity index is 3060. The zero-order chi connectivity index (χ0) is 38.4. The van der Waals surface area contributed by atoms with Gasteiger partial charge in [0.05, 0.1) is 0 Å². The van der Waals surface area contributed by atoms with E-state index in [4.69, 9.17) is 0 Å². The number of allylic oxidation sites excluding steroid dienone is 2. The molecule has 0 N–H and O–H groups in total. The van der Waals surface area contributed by atoms with E-state index in [1.54, 1.807) is 11.1 Å². The zero-order valence-corrected chi connectivity index (χ0v) is 39.4. The second kappa shape index (κ2) is 15.1. The SMILES string of the molecule is CC1=Cc2c(-c3cccc4ccccc34)cc(-c3cccc4ccccc34)cc2[CH]1[Zr]([CH3])([CH3])(=[SiH2])[CH]1C(C(C)C)=Cc2c(-c3cccc4ccccc34)cccc21.Cl.Cl. The number of rotatable bonds is 6. The molecule has 10 rings (SSSR count). The van der Waals surface area contributed by atoms with Crippen LogP contribution in [0.3, 0.4) is 0 Å². The van der Waals surface area contributed by atoms with Crippen LogP contribution in [0.5, 0.6) is 0 Å². The van der Waals surface area contributed by atoms with Crippen molar-refractivity contribution in [3.63, 3.8) is 0 Å². The zero-order valence-electron chi connectivity index (χ0n) is 33.9. The fourth-order valence-corrected chi connectivity index (χ4v) is 31.6. The molecule has 2 atom stereocenters. The predicted octanol–water partition coefficient (Wildman–Crippen LogP) is 15.6. The fourth-order valence-electron chi connectivity index (χ4n) is 11.1. The van der Waals surface area contributed by atoms with Crippen molar-refractivity contribution >= 4 is 76.2 Å². The summed E-state index contributed by atoms with van der Waals surface area (Å²) < 4.78 is 6.41. The second-order valence-corrected chi connectivity index (χ2v) is 48.4. The molecule has 0 saturated heterocycles. The molecule has 0 nitrogen and oxygen atoms in total. The number of hydrogen-bond acceptors (Lipinski definition) is 0. The fraction of sp³-hybridized carbons (Fsp3) is 0.148. The molecule has 0 fully saturated rings. The van der Waals surface area contributed by atoms with Crippen molar-refractivity contribution in [3.8, 4) is 33.4 Å². The summed E-state index contributed by atoms with van der Waals surface area (Å²) >= 11 is -3.95. The van der Waals surface area contributed by atoms with Gasteiger partial charge in [0.2, 0.25) is 0 Å². The van der Waals surface area contributed by atoms with E-state index in [1.165, 1.54) is 88.0 Å². The maximum Gasteiger partial charge on any atom is -0.147 e. The summed E-state index contributed by atoms with van der Waals surface area (Å²) in [6.45, 7) is 9.77. The Morgan fingerprint density at radius 1 is 0.466 bits per heavy atom. The molecule has 0 heterocycles. The Labute approximate surface area is 358 Å². The van der Waals surface area contributed by atoms with Crippen molar-refractivity contribution in [2.45, 2.75) is 37.3 Å². The Hall–Kier alpha value is -4.30. The average Bonchev–Trinajstić information content (AvgIpc) is 3.79. The number of halogens is 2. The van der Waals surface area contributed by atoms with Gasteiger partial charge in [-0.05, 0) is 0 Å². The molecule has 8 aromatic rings. The van der Waals surface area contributed by atoms with Gasteiger partial charge in [-0.3, -0.25) is 0 Å². The molecule has 58 heavy (non-hydrogen) atoms. The smallest absolute Gasteiger partial charge is 0.147 e. The minimum atomic E-state index is -3.95. The molecule has 0 spiro atoms. The molecule has 0 radical (unpaired) electrons. The number of benzene rings is 8. The third-order valence-corrected chi connectivity index (χ3v) is 30.9. The molecule has 8 aromatic carbocycles. The van der Waals surface area contributed by atoms with Gasteiger partial charge in [-0.15, -0.1) is 24.8 Å². The van der Waals surface area contributed by atoms with Crippen LogP contribution in [0.4, 0.5) is 0 Å². The van der Waals surface area contributed by atoms with Gasteiger partial charge in [-0.2, -0.15) is 0 Å². The summed E-state index contributed by atoms with van der Waals surface area (Å²) in [5.74, 6) is 0.448. The molecule has 288 valence electrons. The van der Waals surface area contributed by atoms with E-state index < -0.39 is 17.4 Å². The topological polar surface area (TPSA) is 0 Å². The Morgan fingerprint density at radius 2 is 0.914 bits per heavy atom. The predicted molar refractivity (Wildman–Crippen MR) is 258 cm³/mol. The molecule has 0 bridgehead atoms. The van der Waals surface area contributed by atoms with Gasteiger partial charge in [-0.1, -0.05) is 0 Å². The molecule has 0 saturated carbocycles. The molecule has 2 unspecified atom stereocenters. The summed E-state index contributed by atoms with van der Waals surface area (Å²) in [7, 11) is 0. The first-order valence-corrected chi connectivity index (χ1v) is 34.0. The van der Waals surface area contributed by atoms with E-state index in [1.807, 2.05) is 0 Å². The van der Waals surface area contributed by atoms with Crippen LogP contribution in [0.15, 0.2) is 169 Å². The van der Waals surface area contributed by atoms with Crippen LogP contribution in [0.2, 0.25) is 9.26 Å². The quantitative estimate of drug-likeness (QED) is 0.146. The third-order valence-electron chi connectivity index (χ3n) is 13.3. The van der Waals surface area contributed by atoms with Gasteiger partial charge in [0.1, 0.15) is 0 Å². The Morgan fingerprint density at radius 3 is 1.48 bits per heavy atom. The Kier molecular flexibility index (Phi) is 10.5. The van der Waals surface area contributed by atoms with E-state index in [2.05, 4.69) is 207 Å². The van der Waals surface area contributed by atoms with Gasteiger partial charge < -0.3 is 0 Å². The van der Waals surface area contributed by atoms with Crippen molar-refractivity contribution in [1.82, 2.24) is 0 Å². The van der Waals surface area contributed by atoms with E-state index in [9.17, 15) is 0 Å². The third kappa shape index (κ3) is 6.35. The Balaban J connectivity index is 0.00000235. The summed E-state index contributed by atoms with van der Waals surface area (Å²) in [4.78, 5) is 0. The van der Waals surface area contributed by atoms with E-state index in [-0.39, 0.29) is 24.8 Å². The number of fused-ring (bicyclic) bond motifs is 5.